The van der Waals surface area contributed by atoms with Crippen LogP contribution in [0, 0.1) is 0 Å². The maximum Gasteiger partial charge on any atom is 0.341 e. The Balaban J connectivity index is 2.61. The molecule has 0 radical (unpaired) electrons. The number of hydrogen-bond donors (Lipinski definition) is 3. The lowest BCUT2D eigenvalue weighted by molar-refractivity contribution is -0.579. The van der Waals surface area contributed by atoms with Gasteiger partial charge in [-0.05, 0) is 19.3 Å². The second-order valence-electron chi connectivity index (χ2n) is 3.28. The molecule has 0 aliphatic carbocycles. The molecule has 0 spiro atoms. The predicted molar refractivity (Wildman–Crippen MR) is 47.9 cm³/mol. The van der Waals surface area contributed by atoms with E-state index < -0.39 is 0 Å². The summed E-state index contributed by atoms with van der Waals surface area (Å²) in [5, 5.41) is 8.80. The highest BCUT2D eigenvalue weighted by molar-refractivity contribution is 5.70. The molecule has 1 saturated heterocycles. The number of nitrogens with two attached hydrogens (primary N) is 2. The monoisotopic (exact) mass is 172 g/mol. The second kappa shape index (κ2) is 4.30. The summed E-state index contributed by atoms with van der Waals surface area (Å²) >= 11 is 0. The van der Waals surface area contributed by atoms with E-state index in [0.717, 1.165) is 25.8 Å². The van der Waals surface area contributed by atoms with Crippen molar-refractivity contribution in [1.82, 2.24) is 0 Å². The summed E-state index contributed by atoms with van der Waals surface area (Å²) in [5.41, 5.74) is 11.1. The largest absolute Gasteiger partial charge is 0.396 e. The molecule has 0 aromatic heterocycles. The fourth-order valence-electron chi connectivity index (χ4n) is 1.79. The van der Waals surface area contributed by atoms with E-state index in [-0.39, 0.29) is 6.61 Å². The first kappa shape index (κ1) is 9.32. The molecule has 0 amide bonds. The first-order chi connectivity index (χ1) is 5.75. The third kappa shape index (κ3) is 2.11. The number of aliphatic hydroxyl groups excluding tert-OH is 1. The van der Waals surface area contributed by atoms with Gasteiger partial charge in [-0.1, -0.05) is 0 Å². The molecule has 12 heavy (non-hydrogen) atoms. The van der Waals surface area contributed by atoms with E-state index in [1.54, 1.807) is 0 Å². The Morgan fingerprint density at radius 2 is 2.17 bits per heavy atom. The molecule has 0 aromatic carbocycles. The molecular formula is C8H18N3O+. The van der Waals surface area contributed by atoms with Crippen LogP contribution in [0.3, 0.4) is 0 Å². The minimum atomic E-state index is 0.217. The molecule has 0 aromatic rings. The highest BCUT2D eigenvalue weighted by Gasteiger charge is 2.21. The van der Waals surface area contributed by atoms with Gasteiger partial charge in [0.2, 0.25) is 0 Å². The summed E-state index contributed by atoms with van der Waals surface area (Å²) in [6.07, 6.45) is 4.24. The molecule has 5 N–H and O–H groups in total. The van der Waals surface area contributed by atoms with Crippen molar-refractivity contribution < 1.29 is 9.68 Å². The smallest absolute Gasteiger partial charge is 0.341 e. The average molecular weight is 172 g/mol. The van der Waals surface area contributed by atoms with Crippen LogP contribution in [0.25, 0.3) is 0 Å². The van der Waals surface area contributed by atoms with Crippen LogP contribution in [0.15, 0.2) is 0 Å². The lowest BCUT2D eigenvalue weighted by atomic mass is 10.0. The molecular weight excluding hydrogens is 154 g/mol. The Morgan fingerprint density at radius 3 is 2.75 bits per heavy atom. The molecule has 1 aliphatic rings. The normalized spacial score (nSPS) is 24.1. The van der Waals surface area contributed by atoms with Gasteiger partial charge in [0, 0.05) is 13.0 Å². The van der Waals surface area contributed by atoms with Crippen molar-refractivity contribution in [2.24, 2.45) is 11.5 Å². The van der Waals surface area contributed by atoms with Crippen molar-refractivity contribution in [2.75, 3.05) is 13.2 Å². The van der Waals surface area contributed by atoms with Gasteiger partial charge in [0.15, 0.2) is 0 Å². The molecule has 4 heteroatoms. The number of rotatable bonds is 2. The van der Waals surface area contributed by atoms with Gasteiger partial charge in [0.1, 0.15) is 0 Å². The average Bonchev–Trinajstić information content (AvgIpc) is 2.05. The summed E-state index contributed by atoms with van der Waals surface area (Å²) in [7, 11) is 0. The minimum absolute atomic E-state index is 0.217. The van der Waals surface area contributed by atoms with Crippen LogP contribution < -0.4 is 11.5 Å². The van der Waals surface area contributed by atoms with Gasteiger partial charge in [0.25, 0.3) is 0 Å². The van der Waals surface area contributed by atoms with Crippen LogP contribution in [0.4, 0.5) is 0 Å². The van der Waals surface area contributed by atoms with Crippen molar-refractivity contribution >= 4 is 5.96 Å². The number of hydrogen-bond acceptors (Lipinski definition) is 1. The fourth-order valence-corrected chi connectivity index (χ4v) is 1.79. The standard InChI is InChI=1S/C8H17N3O/c9-8(10)11-5-2-1-3-7(11)4-6-12/h7,12H,1-6H2,(H3,9,10)/p+1. The second-order valence-corrected chi connectivity index (χ2v) is 3.28. The van der Waals surface area contributed by atoms with E-state index in [2.05, 4.69) is 0 Å². The van der Waals surface area contributed by atoms with Crippen molar-refractivity contribution in [3.63, 3.8) is 0 Å². The highest BCUT2D eigenvalue weighted by Crippen LogP contribution is 2.14. The van der Waals surface area contributed by atoms with Crippen molar-refractivity contribution in [1.29, 1.82) is 0 Å². The zero-order valence-electron chi connectivity index (χ0n) is 7.37. The van der Waals surface area contributed by atoms with Crippen molar-refractivity contribution in [3.8, 4) is 0 Å². The SMILES string of the molecule is NC(N)=[N+]1CCCCC1CCO. The summed E-state index contributed by atoms with van der Waals surface area (Å²) in [6.45, 7) is 1.15. The summed E-state index contributed by atoms with van der Waals surface area (Å²) in [5.74, 6) is 0.396. The van der Waals surface area contributed by atoms with Crippen molar-refractivity contribution in [2.45, 2.75) is 31.7 Å². The minimum Gasteiger partial charge on any atom is -0.396 e. The quantitative estimate of drug-likeness (QED) is 0.377. The van der Waals surface area contributed by atoms with Gasteiger partial charge in [0.05, 0.1) is 12.6 Å². The zero-order valence-corrected chi connectivity index (χ0v) is 7.37. The summed E-state index contributed by atoms with van der Waals surface area (Å²) < 4.78 is 2.00. The fraction of sp³-hybridized carbons (Fsp3) is 0.875. The number of guanidine groups is 1. The van der Waals surface area contributed by atoms with Crippen LogP contribution >= 0.6 is 0 Å². The van der Waals surface area contributed by atoms with E-state index in [1.165, 1.54) is 6.42 Å². The summed E-state index contributed by atoms with van der Waals surface area (Å²) in [4.78, 5) is 0. The molecule has 1 aliphatic heterocycles. The van der Waals surface area contributed by atoms with Crippen LogP contribution in [0.1, 0.15) is 25.7 Å². The molecule has 1 unspecified atom stereocenters. The summed E-state index contributed by atoms with van der Waals surface area (Å²) in [6, 6.07) is 0.355. The van der Waals surface area contributed by atoms with Crippen LogP contribution in [-0.2, 0) is 0 Å². The molecule has 70 valence electrons. The van der Waals surface area contributed by atoms with Crippen LogP contribution in [-0.4, -0.2) is 34.8 Å². The maximum atomic E-state index is 8.80. The van der Waals surface area contributed by atoms with Gasteiger partial charge in [-0.15, -0.1) is 0 Å². The third-order valence-corrected chi connectivity index (χ3v) is 2.42. The maximum absolute atomic E-state index is 8.80. The number of piperidine rings is 1. The van der Waals surface area contributed by atoms with E-state index >= 15 is 0 Å². The predicted octanol–water partition coefficient (Wildman–Crippen LogP) is -0.793. The first-order valence-electron chi connectivity index (χ1n) is 4.51. The van der Waals surface area contributed by atoms with E-state index in [9.17, 15) is 0 Å². The molecule has 1 heterocycles. The Labute approximate surface area is 72.9 Å². The van der Waals surface area contributed by atoms with Crippen LogP contribution in [0.2, 0.25) is 0 Å². The van der Waals surface area contributed by atoms with E-state index in [0.29, 0.717) is 12.0 Å². The lowest BCUT2D eigenvalue weighted by Crippen LogP contribution is -2.44. The highest BCUT2D eigenvalue weighted by atomic mass is 16.3. The van der Waals surface area contributed by atoms with Crippen LogP contribution in [0.5, 0.6) is 0 Å². The lowest BCUT2D eigenvalue weighted by Gasteiger charge is -2.24. The van der Waals surface area contributed by atoms with Gasteiger partial charge >= 0.3 is 5.96 Å². The van der Waals surface area contributed by atoms with Gasteiger partial charge in [-0.2, -0.15) is 0 Å². The first-order valence-corrected chi connectivity index (χ1v) is 4.51. The van der Waals surface area contributed by atoms with E-state index in [1.807, 2.05) is 4.58 Å². The topological polar surface area (TPSA) is 75.3 Å². The Morgan fingerprint density at radius 1 is 1.42 bits per heavy atom. The number of nitrogens with zero attached hydrogens (tertiary/aromatic N) is 1. The van der Waals surface area contributed by atoms with Gasteiger partial charge in [-0.25, -0.2) is 0 Å². The molecule has 0 bridgehead atoms. The van der Waals surface area contributed by atoms with Crippen molar-refractivity contribution in [3.05, 3.63) is 0 Å². The molecule has 0 saturated carbocycles. The van der Waals surface area contributed by atoms with E-state index in [4.69, 9.17) is 16.6 Å². The molecule has 1 atom stereocenters. The van der Waals surface area contributed by atoms with Gasteiger partial charge in [-0.3, -0.25) is 16.0 Å². The zero-order chi connectivity index (χ0) is 8.97. The molecule has 4 nitrogen and oxygen atoms in total. The molecule has 1 fully saturated rings. The Bertz CT molecular complexity index is 173. The Hall–Kier alpha value is -0.770. The Kier molecular flexibility index (Phi) is 3.34. The molecule has 1 rings (SSSR count). The van der Waals surface area contributed by atoms with Gasteiger partial charge < -0.3 is 5.11 Å². The third-order valence-electron chi connectivity index (χ3n) is 2.42. The number of aliphatic hydroxyl groups is 1.